The molecule has 0 aliphatic carbocycles. The van der Waals surface area contributed by atoms with E-state index in [1.54, 1.807) is 12.1 Å². The van der Waals surface area contributed by atoms with Crippen LogP contribution in [0.1, 0.15) is 15.9 Å². The molecule has 1 aromatic heterocycles. The fourth-order valence-corrected chi connectivity index (χ4v) is 3.08. The summed E-state index contributed by atoms with van der Waals surface area (Å²) in [6.45, 7) is 2.01. The number of nitrogens with one attached hydrogen (secondary N) is 2. The molecule has 4 rings (SSSR count). The normalized spacial score (nSPS) is 10.7. The second kappa shape index (κ2) is 6.92. The summed E-state index contributed by atoms with van der Waals surface area (Å²) in [5.41, 5.74) is 3.08. The Kier molecular flexibility index (Phi) is 4.30. The van der Waals surface area contributed by atoms with Gasteiger partial charge in [0.2, 0.25) is 0 Å². The van der Waals surface area contributed by atoms with E-state index in [0.29, 0.717) is 11.4 Å². The number of H-pyrrole nitrogens is 1. The summed E-state index contributed by atoms with van der Waals surface area (Å²) in [4.78, 5) is 27.9. The van der Waals surface area contributed by atoms with Crippen molar-refractivity contribution in [2.24, 2.45) is 0 Å². The summed E-state index contributed by atoms with van der Waals surface area (Å²) in [7, 11) is 0. The maximum Gasteiger partial charge on any atom is 0.261 e. The van der Waals surface area contributed by atoms with E-state index in [9.17, 15) is 9.59 Å². The van der Waals surface area contributed by atoms with Crippen LogP contribution in [0, 0.1) is 6.92 Å². The van der Waals surface area contributed by atoms with Crippen molar-refractivity contribution < 1.29 is 4.79 Å². The van der Waals surface area contributed by atoms with E-state index in [4.69, 9.17) is 0 Å². The van der Waals surface area contributed by atoms with E-state index in [0.717, 1.165) is 21.9 Å². The first kappa shape index (κ1) is 16.8. The lowest BCUT2D eigenvalue weighted by Gasteiger charge is -2.09. The first-order chi connectivity index (χ1) is 13.1. The van der Waals surface area contributed by atoms with E-state index in [2.05, 4.69) is 10.3 Å². The number of amides is 1. The summed E-state index contributed by atoms with van der Waals surface area (Å²) in [5.74, 6) is -0.428. The highest BCUT2D eigenvalue weighted by Gasteiger charge is 2.13. The van der Waals surface area contributed by atoms with Crippen LogP contribution in [0.4, 0.5) is 5.69 Å². The van der Waals surface area contributed by atoms with Crippen LogP contribution in [0.5, 0.6) is 0 Å². The Bertz CT molecular complexity index is 1190. The Hall–Kier alpha value is -3.66. The molecule has 0 atom stereocenters. The highest BCUT2D eigenvalue weighted by atomic mass is 16.2. The zero-order chi connectivity index (χ0) is 18.8. The van der Waals surface area contributed by atoms with Crippen LogP contribution in [0.2, 0.25) is 0 Å². The van der Waals surface area contributed by atoms with E-state index >= 15 is 0 Å². The maximum atomic E-state index is 12.6. The lowest BCUT2D eigenvalue weighted by atomic mass is 10.1. The number of fused-ring (bicyclic) bond motifs is 1. The third kappa shape index (κ3) is 3.37. The van der Waals surface area contributed by atoms with Gasteiger partial charge < -0.3 is 10.3 Å². The summed E-state index contributed by atoms with van der Waals surface area (Å²) >= 11 is 0. The third-order valence-electron chi connectivity index (χ3n) is 4.55. The van der Waals surface area contributed by atoms with Crippen molar-refractivity contribution in [2.45, 2.75) is 6.92 Å². The van der Waals surface area contributed by atoms with Gasteiger partial charge in [0.15, 0.2) is 0 Å². The Labute approximate surface area is 156 Å². The minimum Gasteiger partial charge on any atom is -0.321 e. The minimum absolute atomic E-state index is 0.0822. The minimum atomic E-state index is -0.428. The first-order valence-electron chi connectivity index (χ1n) is 8.71. The van der Waals surface area contributed by atoms with Gasteiger partial charge in [-0.3, -0.25) is 9.59 Å². The van der Waals surface area contributed by atoms with Gasteiger partial charge in [-0.15, -0.1) is 0 Å². The molecular weight excluding hydrogens is 336 g/mol. The van der Waals surface area contributed by atoms with Crippen LogP contribution in [-0.2, 0) is 0 Å². The monoisotopic (exact) mass is 354 g/mol. The van der Waals surface area contributed by atoms with Crippen molar-refractivity contribution in [3.8, 4) is 11.3 Å². The quantitative estimate of drug-likeness (QED) is 0.557. The SMILES string of the molecule is Cc1ccc(-c2ccc(C(=O)Nc3cccc4ccccc34)c(=O)[nH]2)cc1. The van der Waals surface area contributed by atoms with Crippen molar-refractivity contribution >= 4 is 22.4 Å². The van der Waals surface area contributed by atoms with E-state index in [1.807, 2.05) is 73.7 Å². The molecule has 4 heteroatoms. The zero-order valence-corrected chi connectivity index (χ0v) is 14.8. The summed E-state index contributed by atoms with van der Waals surface area (Å²) in [6, 6.07) is 24.6. The number of carbonyl (C=O) groups is 1. The van der Waals surface area contributed by atoms with E-state index in [1.165, 1.54) is 0 Å². The number of rotatable bonds is 3. The average molecular weight is 354 g/mol. The van der Waals surface area contributed by atoms with Gasteiger partial charge in [-0.05, 0) is 36.1 Å². The van der Waals surface area contributed by atoms with Gasteiger partial charge >= 0.3 is 0 Å². The molecular formula is C23H18N2O2. The highest BCUT2D eigenvalue weighted by Crippen LogP contribution is 2.23. The second-order valence-corrected chi connectivity index (χ2v) is 6.46. The summed E-state index contributed by atoms with van der Waals surface area (Å²) < 4.78 is 0. The van der Waals surface area contributed by atoms with Gasteiger partial charge in [-0.25, -0.2) is 0 Å². The van der Waals surface area contributed by atoms with Crippen LogP contribution in [0.3, 0.4) is 0 Å². The molecule has 0 fully saturated rings. The molecule has 0 saturated carbocycles. The summed E-state index contributed by atoms with van der Waals surface area (Å²) in [6.07, 6.45) is 0. The molecule has 132 valence electrons. The largest absolute Gasteiger partial charge is 0.321 e. The molecule has 0 bridgehead atoms. The van der Waals surface area contributed by atoms with E-state index < -0.39 is 11.5 Å². The van der Waals surface area contributed by atoms with E-state index in [-0.39, 0.29) is 5.56 Å². The molecule has 0 spiro atoms. The van der Waals surface area contributed by atoms with Crippen LogP contribution >= 0.6 is 0 Å². The van der Waals surface area contributed by atoms with Crippen molar-refractivity contribution in [2.75, 3.05) is 5.32 Å². The molecule has 4 nitrogen and oxygen atoms in total. The Balaban J connectivity index is 1.64. The number of hydrogen-bond donors (Lipinski definition) is 2. The predicted octanol–water partition coefficient (Wildman–Crippen LogP) is 4.76. The van der Waals surface area contributed by atoms with Gasteiger partial charge in [-0.2, -0.15) is 0 Å². The Morgan fingerprint density at radius 3 is 2.37 bits per heavy atom. The molecule has 2 N–H and O–H groups in total. The maximum absolute atomic E-state index is 12.6. The van der Waals surface area contributed by atoms with Crippen molar-refractivity contribution in [3.63, 3.8) is 0 Å². The molecule has 1 amide bonds. The highest BCUT2D eigenvalue weighted by molar-refractivity contribution is 6.09. The first-order valence-corrected chi connectivity index (χ1v) is 8.71. The van der Waals surface area contributed by atoms with Crippen LogP contribution in [-0.4, -0.2) is 10.9 Å². The molecule has 0 radical (unpaired) electrons. The molecule has 27 heavy (non-hydrogen) atoms. The number of hydrogen-bond acceptors (Lipinski definition) is 2. The van der Waals surface area contributed by atoms with Gasteiger partial charge in [0.05, 0.1) is 0 Å². The second-order valence-electron chi connectivity index (χ2n) is 6.46. The smallest absolute Gasteiger partial charge is 0.261 e. The number of anilines is 1. The predicted molar refractivity (Wildman–Crippen MR) is 109 cm³/mol. The van der Waals surface area contributed by atoms with Gasteiger partial charge in [0.25, 0.3) is 11.5 Å². The Morgan fingerprint density at radius 1 is 0.852 bits per heavy atom. The average Bonchev–Trinajstić information content (AvgIpc) is 2.68. The fraction of sp³-hybridized carbons (Fsp3) is 0.0435. The Morgan fingerprint density at radius 2 is 1.59 bits per heavy atom. The molecule has 3 aromatic carbocycles. The number of aromatic nitrogens is 1. The van der Waals surface area contributed by atoms with Gasteiger partial charge in [-0.1, -0.05) is 66.2 Å². The topological polar surface area (TPSA) is 62.0 Å². The number of pyridine rings is 1. The molecule has 1 heterocycles. The molecule has 4 aromatic rings. The third-order valence-corrected chi connectivity index (χ3v) is 4.55. The van der Waals surface area contributed by atoms with Gasteiger partial charge in [0, 0.05) is 16.8 Å². The lowest BCUT2D eigenvalue weighted by molar-refractivity contribution is 0.102. The number of carbonyl (C=O) groups excluding carboxylic acids is 1. The number of benzene rings is 3. The van der Waals surface area contributed by atoms with Crippen LogP contribution < -0.4 is 10.9 Å². The molecule has 0 aliphatic heterocycles. The van der Waals surface area contributed by atoms with Crippen LogP contribution in [0.25, 0.3) is 22.0 Å². The van der Waals surface area contributed by atoms with Crippen molar-refractivity contribution in [1.82, 2.24) is 4.98 Å². The zero-order valence-electron chi connectivity index (χ0n) is 14.8. The number of aryl methyl sites for hydroxylation is 1. The van der Waals surface area contributed by atoms with Crippen molar-refractivity contribution in [1.29, 1.82) is 0 Å². The molecule has 0 saturated heterocycles. The molecule has 0 unspecified atom stereocenters. The van der Waals surface area contributed by atoms with Crippen LogP contribution in [0.15, 0.2) is 83.7 Å². The van der Waals surface area contributed by atoms with Gasteiger partial charge in [0.1, 0.15) is 5.56 Å². The van der Waals surface area contributed by atoms with Crippen molar-refractivity contribution in [3.05, 3.63) is 100 Å². The fourth-order valence-electron chi connectivity index (χ4n) is 3.08. The number of aromatic amines is 1. The standard InChI is InChI=1S/C23H18N2O2/c1-15-9-11-17(12-10-15)20-14-13-19(22(26)24-20)23(27)25-21-8-4-6-16-5-2-3-7-18(16)21/h2-14H,1H3,(H,24,26)(H,25,27). The molecule has 0 aliphatic rings. The lowest BCUT2D eigenvalue weighted by Crippen LogP contribution is -2.23. The summed E-state index contributed by atoms with van der Waals surface area (Å²) in [5, 5.41) is 4.81.